The molecule has 0 amide bonds. The summed E-state index contributed by atoms with van der Waals surface area (Å²) in [7, 11) is 0. The molecule has 1 N–H and O–H groups in total. The predicted octanol–water partition coefficient (Wildman–Crippen LogP) is 5.88. The van der Waals surface area contributed by atoms with E-state index in [-0.39, 0.29) is 27.5 Å². The van der Waals surface area contributed by atoms with Crippen molar-refractivity contribution in [3.05, 3.63) is 56.9 Å². The van der Waals surface area contributed by atoms with Gasteiger partial charge in [-0.2, -0.15) is 0 Å². The molecule has 0 saturated carbocycles. The fourth-order valence-electron chi connectivity index (χ4n) is 3.12. The quantitative estimate of drug-likeness (QED) is 0.528. The zero-order valence-corrected chi connectivity index (χ0v) is 17.7. The van der Waals surface area contributed by atoms with Gasteiger partial charge in [0.2, 0.25) is 0 Å². The summed E-state index contributed by atoms with van der Waals surface area (Å²) in [6, 6.07) is 5.42. The number of aromatic nitrogens is 1. The van der Waals surface area contributed by atoms with Crippen LogP contribution in [0.15, 0.2) is 18.2 Å². The predicted molar refractivity (Wildman–Crippen MR) is 108 cm³/mol. The Balaban J connectivity index is 2.76. The first-order chi connectivity index (χ1) is 11.7. The van der Waals surface area contributed by atoms with E-state index in [1.54, 1.807) is 12.1 Å². The van der Waals surface area contributed by atoms with Crippen LogP contribution in [0.1, 0.15) is 79.8 Å². The lowest BCUT2D eigenvalue weighted by Gasteiger charge is -2.28. The van der Waals surface area contributed by atoms with Crippen molar-refractivity contribution in [3.63, 3.8) is 0 Å². The van der Waals surface area contributed by atoms with Gasteiger partial charge >= 0.3 is 0 Å². The fourth-order valence-corrected chi connectivity index (χ4v) is 3.49. The van der Waals surface area contributed by atoms with Gasteiger partial charge in [0.15, 0.2) is 5.78 Å². The zero-order chi connectivity index (χ0) is 20.0. The normalized spacial score (nSPS) is 12.3. The first-order valence-corrected chi connectivity index (χ1v) is 9.17. The minimum absolute atomic E-state index is 0.170. The molecule has 0 saturated heterocycles. The van der Waals surface area contributed by atoms with Crippen molar-refractivity contribution < 1.29 is 9.90 Å². The smallest absolute Gasteiger partial charge is 0.196 e. The highest BCUT2D eigenvalue weighted by atomic mass is 35.5. The molecule has 0 aliphatic carbocycles. The Bertz CT molecular complexity index is 813. The minimum atomic E-state index is -0.301. The van der Waals surface area contributed by atoms with Crippen molar-refractivity contribution in [3.8, 4) is 5.75 Å². The highest BCUT2D eigenvalue weighted by molar-refractivity contribution is 6.34. The average Bonchev–Trinajstić information content (AvgIpc) is 2.43. The number of rotatable bonds is 2. The number of pyridine rings is 1. The third-order valence-corrected chi connectivity index (χ3v) is 4.79. The van der Waals surface area contributed by atoms with Crippen molar-refractivity contribution in [2.75, 3.05) is 0 Å². The Morgan fingerprint density at radius 3 is 1.81 bits per heavy atom. The van der Waals surface area contributed by atoms with E-state index in [4.69, 9.17) is 11.6 Å². The van der Waals surface area contributed by atoms with E-state index in [0.29, 0.717) is 11.1 Å². The number of carbonyl (C=O) groups excluding carboxylic acids is 1. The second-order valence-corrected chi connectivity index (χ2v) is 9.35. The van der Waals surface area contributed by atoms with Crippen LogP contribution in [-0.4, -0.2) is 15.9 Å². The van der Waals surface area contributed by atoms with Gasteiger partial charge in [-0.15, -0.1) is 0 Å². The van der Waals surface area contributed by atoms with Crippen LogP contribution in [0, 0.1) is 13.8 Å². The summed E-state index contributed by atoms with van der Waals surface area (Å²) in [5, 5.41) is 11.1. The van der Waals surface area contributed by atoms with Gasteiger partial charge in [0.1, 0.15) is 10.9 Å². The summed E-state index contributed by atoms with van der Waals surface area (Å²) >= 11 is 6.29. The van der Waals surface area contributed by atoms with Crippen LogP contribution < -0.4 is 0 Å². The first-order valence-electron chi connectivity index (χ1n) is 8.80. The summed E-state index contributed by atoms with van der Waals surface area (Å²) in [5.41, 5.74) is 3.42. The number of carbonyl (C=O) groups is 1. The molecule has 0 radical (unpaired) electrons. The maximum absolute atomic E-state index is 13.3. The lowest BCUT2D eigenvalue weighted by Crippen LogP contribution is -2.19. The number of phenolic OH excluding ortho intramolecular Hbond substituents is 1. The fraction of sp³-hybridized carbons (Fsp3) is 0.455. The topological polar surface area (TPSA) is 50.2 Å². The highest BCUT2D eigenvalue weighted by Gasteiger charge is 2.29. The standard InChI is InChI=1S/C22H28ClNO2/c1-12-9-13(2)24-20(23)17(12)18(25)14-10-15(21(3,4)5)19(26)16(11-14)22(6,7)8/h9-11,26H,1-8H3. The monoisotopic (exact) mass is 373 g/mol. The third kappa shape index (κ3) is 3.93. The second-order valence-electron chi connectivity index (χ2n) is 9.00. The van der Waals surface area contributed by atoms with Gasteiger partial charge in [0, 0.05) is 22.4 Å². The molecule has 1 aromatic heterocycles. The van der Waals surface area contributed by atoms with Gasteiger partial charge in [-0.05, 0) is 48.4 Å². The minimum Gasteiger partial charge on any atom is -0.507 e. The van der Waals surface area contributed by atoms with Crippen LogP contribution >= 0.6 is 11.6 Å². The molecule has 1 aromatic carbocycles. The van der Waals surface area contributed by atoms with Crippen molar-refractivity contribution >= 4 is 17.4 Å². The number of nitrogens with zero attached hydrogens (tertiary/aromatic N) is 1. The molecule has 4 heteroatoms. The van der Waals surface area contributed by atoms with Gasteiger partial charge in [-0.3, -0.25) is 4.79 Å². The molecule has 0 atom stereocenters. The molecular weight excluding hydrogens is 346 g/mol. The molecule has 140 valence electrons. The molecule has 0 aliphatic heterocycles. The number of aromatic hydroxyl groups is 1. The molecule has 2 aromatic rings. The number of aryl methyl sites for hydroxylation is 2. The van der Waals surface area contributed by atoms with Crippen LogP contribution in [0.3, 0.4) is 0 Å². The Kier molecular flexibility index (Phi) is 5.26. The lowest BCUT2D eigenvalue weighted by atomic mass is 9.77. The Morgan fingerprint density at radius 2 is 1.42 bits per heavy atom. The van der Waals surface area contributed by atoms with Gasteiger partial charge in [0.05, 0.1) is 5.56 Å². The maximum Gasteiger partial charge on any atom is 0.196 e. The lowest BCUT2D eigenvalue weighted by molar-refractivity contribution is 0.103. The molecule has 0 spiro atoms. The first kappa shape index (κ1) is 20.4. The summed E-state index contributed by atoms with van der Waals surface area (Å²) < 4.78 is 0. The van der Waals surface area contributed by atoms with Crippen molar-refractivity contribution in [1.29, 1.82) is 0 Å². The van der Waals surface area contributed by atoms with Crippen molar-refractivity contribution in [1.82, 2.24) is 4.98 Å². The van der Waals surface area contributed by atoms with Gasteiger partial charge in [0.25, 0.3) is 0 Å². The number of ketones is 1. The molecule has 2 rings (SSSR count). The SMILES string of the molecule is Cc1cc(C)c(C(=O)c2cc(C(C)(C)C)c(O)c(C(C)(C)C)c2)c(Cl)n1. The number of benzene rings is 1. The second kappa shape index (κ2) is 6.70. The molecular formula is C22H28ClNO2. The summed E-state index contributed by atoms with van der Waals surface area (Å²) in [5.74, 6) is 0.0856. The molecule has 0 aliphatic rings. The van der Waals surface area contributed by atoms with Gasteiger partial charge in [-0.25, -0.2) is 4.98 Å². The largest absolute Gasteiger partial charge is 0.507 e. The molecule has 0 unspecified atom stereocenters. The van der Waals surface area contributed by atoms with E-state index in [9.17, 15) is 9.90 Å². The molecule has 0 fully saturated rings. The Hall–Kier alpha value is -1.87. The Labute approximate surface area is 161 Å². The highest BCUT2D eigenvalue weighted by Crippen LogP contribution is 2.40. The molecule has 3 nitrogen and oxygen atoms in total. The van der Waals surface area contributed by atoms with Crippen LogP contribution in [-0.2, 0) is 10.8 Å². The van der Waals surface area contributed by atoms with Crippen LogP contribution in [0.25, 0.3) is 0 Å². The Morgan fingerprint density at radius 1 is 0.962 bits per heavy atom. The van der Waals surface area contributed by atoms with E-state index in [0.717, 1.165) is 22.4 Å². The molecule has 1 heterocycles. The van der Waals surface area contributed by atoms with E-state index in [1.807, 2.05) is 61.5 Å². The van der Waals surface area contributed by atoms with Crippen LogP contribution in [0.5, 0.6) is 5.75 Å². The summed E-state index contributed by atoms with van der Waals surface area (Å²) in [4.78, 5) is 17.5. The van der Waals surface area contributed by atoms with Crippen LogP contribution in [0.2, 0.25) is 5.15 Å². The number of phenols is 1. The zero-order valence-electron chi connectivity index (χ0n) is 16.9. The van der Waals surface area contributed by atoms with Gasteiger partial charge in [-0.1, -0.05) is 53.1 Å². The van der Waals surface area contributed by atoms with E-state index >= 15 is 0 Å². The number of hydrogen-bond acceptors (Lipinski definition) is 3. The summed E-state index contributed by atoms with van der Waals surface area (Å²) in [6.07, 6.45) is 0. The van der Waals surface area contributed by atoms with E-state index in [2.05, 4.69) is 4.98 Å². The average molecular weight is 374 g/mol. The molecule has 26 heavy (non-hydrogen) atoms. The third-order valence-electron chi connectivity index (χ3n) is 4.52. The molecule has 0 bridgehead atoms. The van der Waals surface area contributed by atoms with Crippen molar-refractivity contribution in [2.45, 2.75) is 66.2 Å². The van der Waals surface area contributed by atoms with Gasteiger partial charge < -0.3 is 5.11 Å². The number of hydrogen-bond donors (Lipinski definition) is 1. The number of halogens is 1. The maximum atomic E-state index is 13.3. The van der Waals surface area contributed by atoms with E-state index in [1.165, 1.54) is 0 Å². The van der Waals surface area contributed by atoms with Crippen LogP contribution in [0.4, 0.5) is 0 Å². The van der Waals surface area contributed by atoms with Crippen molar-refractivity contribution in [2.24, 2.45) is 0 Å². The van der Waals surface area contributed by atoms with E-state index < -0.39 is 0 Å². The summed E-state index contributed by atoms with van der Waals surface area (Å²) in [6.45, 7) is 15.8.